The zero-order valence-corrected chi connectivity index (χ0v) is 10.8. The van der Waals surface area contributed by atoms with Crippen molar-refractivity contribution in [3.63, 3.8) is 0 Å². The molecule has 0 unspecified atom stereocenters. The van der Waals surface area contributed by atoms with Gasteiger partial charge in [-0.2, -0.15) is 0 Å². The van der Waals surface area contributed by atoms with Gasteiger partial charge in [-0.1, -0.05) is 29.3 Å². The van der Waals surface area contributed by atoms with E-state index in [1.54, 1.807) is 0 Å². The number of halogens is 1. The summed E-state index contributed by atoms with van der Waals surface area (Å²) in [4.78, 5) is 22.0. The number of rotatable bonds is 4. The van der Waals surface area contributed by atoms with Crippen LogP contribution >= 0.6 is 11.6 Å². The molecule has 0 bridgehead atoms. The maximum atomic E-state index is 11.8. The summed E-state index contributed by atoms with van der Waals surface area (Å²) in [5.74, 6) is -0.512. The Balaban J connectivity index is 2.96. The summed E-state index contributed by atoms with van der Waals surface area (Å²) >= 11 is 5.72. The molecule has 0 spiro atoms. The lowest BCUT2D eigenvalue weighted by Crippen LogP contribution is -2.24. The molecule has 0 aliphatic rings. The predicted octanol–water partition coefficient (Wildman–Crippen LogP) is 2.94. The Morgan fingerprint density at radius 3 is 2.72 bits per heavy atom. The number of nitrogens with zero attached hydrogens (tertiary/aromatic N) is 1. The molecule has 1 N–H and O–H groups in total. The van der Waals surface area contributed by atoms with Gasteiger partial charge >= 0.3 is 5.69 Å². The second-order valence-electron chi connectivity index (χ2n) is 3.88. The average molecular weight is 269 g/mol. The van der Waals surface area contributed by atoms with Crippen LogP contribution in [0.15, 0.2) is 29.8 Å². The fourth-order valence-corrected chi connectivity index (χ4v) is 1.57. The van der Waals surface area contributed by atoms with Gasteiger partial charge in [0.25, 0.3) is 5.91 Å². The molecular formula is C12H13ClN2O3. The average Bonchev–Trinajstić information content (AvgIpc) is 2.27. The van der Waals surface area contributed by atoms with Crippen molar-refractivity contribution in [1.29, 1.82) is 0 Å². The second kappa shape index (κ2) is 6.16. The van der Waals surface area contributed by atoms with E-state index in [0.717, 1.165) is 5.57 Å². The summed E-state index contributed by atoms with van der Waals surface area (Å²) in [5.41, 5.74) is 0.652. The van der Waals surface area contributed by atoms with Gasteiger partial charge < -0.3 is 5.32 Å². The molecular weight excluding hydrogens is 256 g/mol. The molecule has 0 radical (unpaired) electrons. The van der Waals surface area contributed by atoms with E-state index in [4.69, 9.17) is 11.6 Å². The van der Waals surface area contributed by atoms with Gasteiger partial charge in [0.15, 0.2) is 0 Å². The Labute approximate surface area is 110 Å². The zero-order chi connectivity index (χ0) is 13.7. The van der Waals surface area contributed by atoms with Crippen LogP contribution in [0.1, 0.15) is 24.2 Å². The SMILES string of the molecule is CC(C)=CCNC(=O)c1cccc(Cl)c1[N+](=O)[O-]. The van der Waals surface area contributed by atoms with Gasteiger partial charge in [-0.25, -0.2) is 0 Å². The quantitative estimate of drug-likeness (QED) is 0.518. The highest BCUT2D eigenvalue weighted by atomic mass is 35.5. The van der Waals surface area contributed by atoms with E-state index in [0.29, 0.717) is 6.54 Å². The van der Waals surface area contributed by atoms with E-state index in [9.17, 15) is 14.9 Å². The number of carbonyl (C=O) groups is 1. The van der Waals surface area contributed by atoms with Gasteiger partial charge in [-0.3, -0.25) is 14.9 Å². The first-order valence-corrected chi connectivity index (χ1v) is 5.65. The van der Waals surface area contributed by atoms with Crippen LogP contribution in [0.5, 0.6) is 0 Å². The van der Waals surface area contributed by atoms with Crippen molar-refractivity contribution < 1.29 is 9.72 Å². The Hall–Kier alpha value is -1.88. The number of para-hydroxylation sites is 1. The summed E-state index contributed by atoms with van der Waals surface area (Å²) in [6.07, 6.45) is 1.81. The van der Waals surface area contributed by atoms with Crippen molar-refractivity contribution in [1.82, 2.24) is 5.32 Å². The van der Waals surface area contributed by atoms with Crippen LogP contribution in [-0.2, 0) is 0 Å². The molecule has 1 amide bonds. The van der Waals surface area contributed by atoms with Crippen LogP contribution in [0.4, 0.5) is 5.69 Å². The van der Waals surface area contributed by atoms with Crippen molar-refractivity contribution in [3.05, 3.63) is 50.5 Å². The molecule has 96 valence electrons. The molecule has 6 heteroatoms. The van der Waals surface area contributed by atoms with Crippen LogP contribution in [0.3, 0.4) is 0 Å². The van der Waals surface area contributed by atoms with Crippen LogP contribution < -0.4 is 5.32 Å². The lowest BCUT2D eigenvalue weighted by Gasteiger charge is -2.04. The minimum atomic E-state index is -0.655. The maximum Gasteiger partial charge on any atom is 0.300 e. The highest BCUT2D eigenvalue weighted by Gasteiger charge is 2.22. The second-order valence-corrected chi connectivity index (χ2v) is 4.29. The molecule has 0 fully saturated rings. The number of nitrogens with one attached hydrogen (secondary N) is 1. The third-order valence-electron chi connectivity index (χ3n) is 2.19. The van der Waals surface area contributed by atoms with E-state index >= 15 is 0 Å². The number of nitro groups is 1. The van der Waals surface area contributed by atoms with Crippen molar-refractivity contribution in [2.24, 2.45) is 0 Å². The van der Waals surface area contributed by atoms with E-state index in [1.807, 2.05) is 19.9 Å². The van der Waals surface area contributed by atoms with Crippen molar-refractivity contribution in [2.75, 3.05) is 6.54 Å². The highest BCUT2D eigenvalue weighted by Crippen LogP contribution is 2.27. The van der Waals surface area contributed by atoms with Gasteiger partial charge in [0, 0.05) is 6.54 Å². The molecule has 1 aromatic rings. The lowest BCUT2D eigenvalue weighted by molar-refractivity contribution is -0.385. The molecule has 1 aromatic carbocycles. The predicted molar refractivity (Wildman–Crippen MR) is 69.9 cm³/mol. The molecule has 0 saturated carbocycles. The smallest absolute Gasteiger partial charge is 0.300 e. The fraction of sp³-hybridized carbons (Fsp3) is 0.250. The van der Waals surface area contributed by atoms with Crippen molar-refractivity contribution >= 4 is 23.2 Å². The first-order valence-electron chi connectivity index (χ1n) is 5.28. The molecule has 1 rings (SSSR count). The Bertz CT molecular complexity index is 508. The molecule has 0 heterocycles. The van der Waals surface area contributed by atoms with Crippen LogP contribution in [0.25, 0.3) is 0 Å². The summed E-state index contributed by atoms with van der Waals surface area (Å²) in [6, 6.07) is 4.26. The van der Waals surface area contributed by atoms with Crippen LogP contribution in [0, 0.1) is 10.1 Å². The number of amides is 1. The monoisotopic (exact) mass is 268 g/mol. The summed E-state index contributed by atoms with van der Waals surface area (Å²) in [6.45, 7) is 4.12. The third-order valence-corrected chi connectivity index (χ3v) is 2.49. The molecule has 0 atom stereocenters. The minimum absolute atomic E-state index is 0.0327. The molecule has 0 aliphatic carbocycles. The minimum Gasteiger partial charge on any atom is -0.348 e. The van der Waals surface area contributed by atoms with Gasteiger partial charge in [0.1, 0.15) is 10.6 Å². The molecule has 18 heavy (non-hydrogen) atoms. The molecule has 0 aliphatic heterocycles. The normalized spacial score (nSPS) is 9.72. The number of allylic oxidation sites excluding steroid dienone is 1. The van der Waals surface area contributed by atoms with Gasteiger partial charge in [0.2, 0.25) is 0 Å². The summed E-state index contributed by atoms with van der Waals surface area (Å²) in [7, 11) is 0. The maximum absolute atomic E-state index is 11.8. The van der Waals surface area contributed by atoms with Gasteiger partial charge in [-0.05, 0) is 26.0 Å². The summed E-state index contributed by atoms with van der Waals surface area (Å²) < 4.78 is 0. The van der Waals surface area contributed by atoms with E-state index < -0.39 is 10.8 Å². The number of hydrogen-bond acceptors (Lipinski definition) is 3. The summed E-state index contributed by atoms with van der Waals surface area (Å²) in [5, 5.41) is 13.4. The Morgan fingerprint density at radius 2 is 2.17 bits per heavy atom. The highest BCUT2D eigenvalue weighted by molar-refractivity contribution is 6.33. The van der Waals surface area contributed by atoms with Crippen molar-refractivity contribution in [3.8, 4) is 0 Å². The topological polar surface area (TPSA) is 72.2 Å². The molecule has 5 nitrogen and oxygen atoms in total. The number of nitro benzene ring substituents is 1. The van der Waals surface area contributed by atoms with E-state index in [2.05, 4.69) is 5.32 Å². The Morgan fingerprint density at radius 1 is 1.50 bits per heavy atom. The van der Waals surface area contributed by atoms with E-state index in [-0.39, 0.29) is 16.3 Å². The number of benzene rings is 1. The molecule has 0 aromatic heterocycles. The van der Waals surface area contributed by atoms with Crippen LogP contribution in [0.2, 0.25) is 5.02 Å². The largest absolute Gasteiger partial charge is 0.348 e. The number of hydrogen-bond donors (Lipinski definition) is 1. The first kappa shape index (κ1) is 14.2. The zero-order valence-electron chi connectivity index (χ0n) is 10.1. The lowest BCUT2D eigenvalue weighted by atomic mass is 10.1. The fourth-order valence-electron chi connectivity index (χ4n) is 1.33. The standard InChI is InChI=1S/C12H13ClN2O3/c1-8(2)6-7-14-12(16)9-4-3-5-10(13)11(9)15(17)18/h3-6H,7H2,1-2H3,(H,14,16). The first-order chi connectivity index (χ1) is 8.43. The number of carbonyl (C=O) groups excluding carboxylic acids is 1. The van der Waals surface area contributed by atoms with Crippen molar-refractivity contribution in [2.45, 2.75) is 13.8 Å². The van der Waals surface area contributed by atoms with Gasteiger partial charge in [-0.15, -0.1) is 0 Å². The van der Waals surface area contributed by atoms with Gasteiger partial charge in [0.05, 0.1) is 4.92 Å². The van der Waals surface area contributed by atoms with Crippen LogP contribution in [-0.4, -0.2) is 17.4 Å². The van der Waals surface area contributed by atoms with E-state index in [1.165, 1.54) is 18.2 Å². The third kappa shape index (κ3) is 3.56. The molecule has 0 saturated heterocycles. The Kier molecular flexibility index (Phi) is 4.85.